The first-order chi connectivity index (χ1) is 11.2. The highest BCUT2D eigenvalue weighted by atomic mass is 32.2. The van der Waals surface area contributed by atoms with Gasteiger partial charge in [-0.15, -0.1) is 11.8 Å². The van der Waals surface area contributed by atoms with Crippen molar-refractivity contribution in [3.8, 4) is 11.8 Å². The second-order valence-electron chi connectivity index (χ2n) is 4.54. The van der Waals surface area contributed by atoms with Crippen LogP contribution in [-0.4, -0.2) is 25.3 Å². The quantitative estimate of drug-likeness (QED) is 0.763. The number of thioether (sulfide) groups is 1. The molecule has 0 bridgehead atoms. The second kappa shape index (κ2) is 8.71. The van der Waals surface area contributed by atoms with Crippen molar-refractivity contribution in [1.29, 1.82) is 5.26 Å². The molecule has 6 heteroatoms. The monoisotopic (exact) mass is 327 g/mol. The van der Waals surface area contributed by atoms with Gasteiger partial charge in [0.25, 0.3) is 0 Å². The molecular formula is C17H17N3O2S. The van der Waals surface area contributed by atoms with Crippen LogP contribution in [0.2, 0.25) is 0 Å². The van der Waals surface area contributed by atoms with Gasteiger partial charge in [0.05, 0.1) is 36.9 Å². The number of nitrogens with zero attached hydrogens (tertiary/aromatic N) is 1. The first kappa shape index (κ1) is 16.7. The number of methoxy groups -OCH3 is 1. The van der Waals surface area contributed by atoms with Crippen molar-refractivity contribution in [2.24, 2.45) is 0 Å². The van der Waals surface area contributed by atoms with Crippen LogP contribution < -0.4 is 15.4 Å². The van der Waals surface area contributed by atoms with Crippen molar-refractivity contribution >= 4 is 29.0 Å². The van der Waals surface area contributed by atoms with E-state index in [-0.39, 0.29) is 12.5 Å². The number of benzene rings is 2. The topological polar surface area (TPSA) is 74.2 Å². The lowest BCUT2D eigenvalue weighted by Gasteiger charge is -2.12. The molecule has 0 atom stereocenters. The van der Waals surface area contributed by atoms with Gasteiger partial charge in [-0.25, -0.2) is 0 Å². The zero-order chi connectivity index (χ0) is 16.5. The smallest absolute Gasteiger partial charge is 0.243 e. The fourth-order valence-electron chi connectivity index (χ4n) is 1.97. The van der Waals surface area contributed by atoms with Crippen molar-refractivity contribution in [2.75, 3.05) is 30.0 Å². The molecule has 2 N–H and O–H groups in total. The van der Waals surface area contributed by atoms with Crippen molar-refractivity contribution in [3.05, 3.63) is 48.5 Å². The summed E-state index contributed by atoms with van der Waals surface area (Å²) in [6.07, 6.45) is 0. The maximum absolute atomic E-state index is 12.1. The zero-order valence-corrected chi connectivity index (χ0v) is 13.5. The predicted octanol–water partition coefficient (Wildman–Crippen LogP) is 3.36. The van der Waals surface area contributed by atoms with Crippen LogP contribution in [0.5, 0.6) is 5.75 Å². The van der Waals surface area contributed by atoms with E-state index in [1.807, 2.05) is 48.5 Å². The van der Waals surface area contributed by atoms with Gasteiger partial charge in [-0.3, -0.25) is 4.79 Å². The summed E-state index contributed by atoms with van der Waals surface area (Å²) >= 11 is 1.39. The Kier molecular flexibility index (Phi) is 6.33. The van der Waals surface area contributed by atoms with E-state index in [2.05, 4.69) is 16.7 Å². The largest absolute Gasteiger partial charge is 0.495 e. The van der Waals surface area contributed by atoms with E-state index in [4.69, 9.17) is 10.00 Å². The number of nitriles is 1. The predicted molar refractivity (Wildman–Crippen MR) is 92.9 cm³/mol. The number of anilines is 2. The molecule has 2 rings (SSSR count). The molecule has 2 aromatic carbocycles. The fraction of sp³-hybridized carbons (Fsp3) is 0.176. The van der Waals surface area contributed by atoms with Crippen LogP contribution in [0.1, 0.15) is 0 Å². The lowest BCUT2D eigenvalue weighted by Crippen LogP contribution is -2.22. The molecule has 2 aromatic rings. The minimum Gasteiger partial charge on any atom is -0.495 e. The van der Waals surface area contributed by atoms with E-state index in [0.29, 0.717) is 17.2 Å². The highest BCUT2D eigenvalue weighted by Crippen LogP contribution is 2.27. The molecule has 0 fully saturated rings. The Labute approximate surface area is 139 Å². The normalized spacial score (nSPS) is 9.74. The van der Waals surface area contributed by atoms with Crippen molar-refractivity contribution in [2.45, 2.75) is 4.90 Å². The molecule has 0 saturated carbocycles. The fourth-order valence-corrected chi connectivity index (χ4v) is 2.64. The summed E-state index contributed by atoms with van der Waals surface area (Å²) in [5, 5.41) is 14.6. The number of ether oxygens (including phenoxy) is 1. The number of carbonyl (C=O) groups excluding carboxylic acids is 1. The Morgan fingerprint density at radius 2 is 1.87 bits per heavy atom. The molecule has 0 unspecified atom stereocenters. The van der Waals surface area contributed by atoms with Gasteiger partial charge in [0.2, 0.25) is 5.91 Å². The number of para-hydroxylation sites is 3. The molecule has 118 valence electrons. The summed E-state index contributed by atoms with van der Waals surface area (Å²) in [7, 11) is 1.59. The second-order valence-corrected chi connectivity index (χ2v) is 5.56. The van der Waals surface area contributed by atoms with E-state index in [1.54, 1.807) is 7.11 Å². The molecule has 5 nitrogen and oxygen atoms in total. The van der Waals surface area contributed by atoms with E-state index >= 15 is 0 Å². The van der Waals surface area contributed by atoms with Crippen LogP contribution in [0, 0.1) is 11.3 Å². The van der Waals surface area contributed by atoms with Gasteiger partial charge >= 0.3 is 0 Å². The third-order valence-electron chi connectivity index (χ3n) is 3.00. The minimum absolute atomic E-state index is 0.123. The number of amides is 1. The zero-order valence-electron chi connectivity index (χ0n) is 12.7. The van der Waals surface area contributed by atoms with E-state index in [1.165, 1.54) is 11.8 Å². The summed E-state index contributed by atoms with van der Waals surface area (Å²) in [6, 6.07) is 16.9. The third-order valence-corrected chi connectivity index (χ3v) is 3.94. The number of nitrogens with one attached hydrogen (secondary N) is 2. The molecule has 23 heavy (non-hydrogen) atoms. The molecule has 0 radical (unpaired) electrons. The maximum Gasteiger partial charge on any atom is 0.243 e. The van der Waals surface area contributed by atoms with Crippen LogP contribution in [0.25, 0.3) is 0 Å². The summed E-state index contributed by atoms with van der Waals surface area (Å²) < 4.78 is 5.23. The van der Waals surface area contributed by atoms with Crippen LogP contribution in [0.4, 0.5) is 11.4 Å². The van der Waals surface area contributed by atoms with Gasteiger partial charge in [0.1, 0.15) is 5.75 Å². The number of hydrogen-bond acceptors (Lipinski definition) is 5. The van der Waals surface area contributed by atoms with Gasteiger partial charge in [0.15, 0.2) is 0 Å². The molecule has 1 amide bonds. The molecule has 0 heterocycles. The number of hydrogen-bond donors (Lipinski definition) is 2. The average molecular weight is 327 g/mol. The summed E-state index contributed by atoms with van der Waals surface area (Å²) in [6.45, 7) is 0.123. The van der Waals surface area contributed by atoms with E-state index in [0.717, 1.165) is 10.6 Å². The van der Waals surface area contributed by atoms with E-state index in [9.17, 15) is 4.79 Å². The lowest BCUT2D eigenvalue weighted by atomic mass is 10.3. The highest BCUT2D eigenvalue weighted by molar-refractivity contribution is 7.99. The average Bonchev–Trinajstić information content (AvgIpc) is 2.59. The first-order valence-corrected chi connectivity index (χ1v) is 7.98. The summed E-state index contributed by atoms with van der Waals surface area (Å²) in [4.78, 5) is 13.0. The Balaban J connectivity index is 1.96. The van der Waals surface area contributed by atoms with Crippen LogP contribution in [0.15, 0.2) is 53.4 Å². The maximum atomic E-state index is 12.1. The Morgan fingerprint density at radius 3 is 2.61 bits per heavy atom. The lowest BCUT2D eigenvalue weighted by molar-refractivity contribution is -0.114. The van der Waals surface area contributed by atoms with Crippen LogP contribution in [-0.2, 0) is 4.79 Å². The van der Waals surface area contributed by atoms with Gasteiger partial charge in [0, 0.05) is 4.90 Å². The number of rotatable bonds is 7. The SMILES string of the molecule is COc1ccccc1NCC(=O)Nc1ccccc1SCC#N. The minimum atomic E-state index is -0.166. The van der Waals surface area contributed by atoms with Crippen molar-refractivity contribution in [1.82, 2.24) is 0 Å². The molecule has 0 spiro atoms. The third kappa shape index (κ3) is 4.94. The Hall–Kier alpha value is -2.65. The Bertz CT molecular complexity index is 713. The van der Waals surface area contributed by atoms with E-state index < -0.39 is 0 Å². The number of carbonyl (C=O) groups is 1. The summed E-state index contributed by atoms with van der Waals surface area (Å²) in [5.74, 6) is 0.859. The van der Waals surface area contributed by atoms with Crippen LogP contribution in [0.3, 0.4) is 0 Å². The molecule has 0 aliphatic heterocycles. The van der Waals surface area contributed by atoms with Gasteiger partial charge in [-0.1, -0.05) is 24.3 Å². The van der Waals surface area contributed by atoms with Crippen molar-refractivity contribution in [3.63, 3.8) is 0 Å². The molecule has 0 aromatic heterocycles. The van der Waals surface area contributed by atoms with Crippen LogP contribution >= 0.6 is 11.8 Å². The molecular weight excluding hydrogens is 310 g/mol. The summed E-state index contributed by atoms with van der Waals surface area (Å²) in [5.41, 5.74) is 1.47. The molecule has 0 aliphatic carbocycles. The highest BCUT2D eigenvalue weighted by Gasteiger charge is 2.08. The standard InChI is InChI=1S/C17H17N3O2S/c1-22-15-8-4-2-6-13(15)19-12-17(21)20-14-7-3-5-9-16(14)23-11-10-18/h2-9,19H,11-12H2,1H3,(H,20,21). The molecule has 0 aliphatic rings. The van der Waals surface area contributed by atoms with Crippen molar-refractivity contribution < 1.29 is 9.53 Å². The molecule has 0 saturated heterocycles. The van der Waals surface area contributed by atoms with Gasteiger partial charge in [-0.05, 0) is 24.3 Å². The van der Waals surface area contributed by atoms with Gasteiger partial charge < -0.3 is 15.4 Å². The Morgan fingerprint density at radius 1 is 1.17 bits per heavy atom. The first-order valence-electron chi connectivity index (χ1n) is 7.00. The van der Waals surface area contributed by atoms with Gasteiger partial charge in [-0.2, -0.15) is 5.26 Å².